The van der Waals surface area contributed by atoms with Gasteiger partial charge in [-0.2, -0.15) is 0 Å². The summed E-state index contributed by atoms with van der Waals surface area (Å²) in [4.78, 5) is 26.0. The van der Waals surface area contributed by atoms with Crippen molar-refractivity contribution >= 4 is 11.8 Å². The molecule has 0 aromatic carbocycles. The van der Waals surface area contributed by atoms with Crippen LogP contribution in [0.1, 0.15) is 47.5 Å². The van der Waals surface area contributed by atoms with Crippen LogP contribution in [0.5, 0.6) is 0 Å². The Kier molecular flexibility index (Phi) is 4.61. The number of methoxy groups -OCH3 is 1. The summed E-state index contributed by atoms with van der Waals surface area (Å²) in [5.74, 6) is -0.0999. The van der Waals surface area contributed by atoms with E-state index in [1.54, 1.807) is 25.9 Å². The third-order valence-corrected chi connectivity index (χ3v) is 3.77. The maximum atomic E-state index is 12.5. The van der Waals surface area contributed by atoms with Crippen molar-refractivity contribution in [2.75, 3.05) is 13.7 Å². The smallest absolute Gasteiger partial charge is 0.247 e. The molecule has 5 heteroatoms. The van der Waals surface area contributed by atoms with Crippen molar-refractivity contribution in [1.29, 1.82) is 0 Å². The number of nitrogens with one attached hydrogen (secondary N) is 1. The summed E-state index contributed by atoms with van der Waals surface area (Å²) in [6.07, 6.45) is 1.09. The minimum absolute atomic E-state index is 0.0299. The molecule has 0 aliphatic carbocycles. The number of hydrogen-bond donors (Lipinski definition) is 1. The average Bonchev–Trinajstić information content (AvgIpc) is 2.33. The Labute approximate surface area is 115 Å². The van der Waals surface area contributed by atoms with E-state index in [9.17, 15) is 9.59 Å². The molecule has 5 nitrogen and oxygen atoms in total. The Morgan fingerprint density at radius 3 is 2.53 bits per heavy atom. The molecule has 0 radical (unpaired) electrons. The van der Waals surface area contributed by atoms with Crippen LogP contribution in [0.2, 0.25) is 0 Å². The van der Waals surface area contributed by atoms with Crippen LogP contribution in [0.25, 0.3) is 0 Å². The average molecular weight is 270 g/mol. The topological polar surface area (TPSA) is 58.6 Å². The Hall–Kier alpha value is -1.10. The van der Waals surface area contributed by atoms with Gasteiger partial charge in [-0.05, 0) is 41.0 Å². The van der Waals surface area contributed by atoms with Crippen LogP contribution in [-0.4, -0.2) is 47.6 Å². The van der Waals surface area contributed by atoms with Gasteiger partial charge in [0.15, 0.2) is 0 Å². The summed E-state index contributed by atoms with van der Waals surface area (Å²) in [5.41, 5.74) is -1.10. The van der Waals surface area contributed by atoms with Gasteiger partial charge in [-0.15, -0.1) is 0 Å². The van der Waals surface area contributed by atoms with Crippen LogP contribution >= 0.6 is 0 Å². The van der Waals surface area contributed by atoms with E-state index in [-0.39, 0.29) is 23.5 Å². The lowest BCUT2D eigenvalue weighted by molar-refractivity contribution is -0.139. The summed E-state index contributed by atoms with van der Waals surface area (Å²) in [6.45, 7) is 10.0. The van der Waals surface area contributed by atoms with E-state index in [1.807, 2.05) is 20.8 Å². The van der Waals surface area contributed by atoms with Gasteiger partial charge in [-0.25, -0.2) is 0 Å². The molecule has 19 heavy (non-hydrogen) atoms. The summed E-state index contributed by atoms with van der Waals surface area (Å²) in [5, 5.41) is 2.78. The number of carbonyl (C=O) groups is 2. The second-order valence-corrected chi connectivity index (χ2v) is 6.44. The Morgan fingerprint density at radius 2 is 2.00 bits per heavy atom. The summed E-state index contributed by atoms with van der Waals surface area (Å²) < 4.78 is 5.38. The molecule has 0 spiro atoms. The highest BCUT2D eigenvalue weighted by Gasteiger charge is 2.39. The van der Waals surface area contributed by atoms with E-state index in [4.69, 9.17) is 4.74 Å². The van der Waals surface area contributed by atoms with Gasteiger partial charge in [-0.3, -0.25) is 9.59 Å². The Bertz CT molecular complexity index is 364. The predicted molar refractivity (Wildman–Crippen MR) is 73.7 cm³/mol. The van der Waals surface area contributed by atoms with Gasteiger partial charge in [0.2, 0.25) is 11.8 Å². The van der Waals surface area contributed by atoms with Crippen LogP contribution in [0.3, 0.4) is 0 Å². The van der Waals surface area contributed by atoms with Crippen molar-refractivity contribution in [1.82, 2.24) is 10.2 Å². The van der Waals surface area contributed by atoms with Gasteiger partial charge in [0.1, 0.15) is 5.54 Å². The van der Waals surface area contributed by atoms with Gasteiger partial charge < -0.3 is 15.0 Å². The summed E-state index contributed by atoms with van der Waals surface area (Å²) in [6, 6.07) is -0.0815. The molecule has 1 saturated heterocycles. The largest absolute Gasteiger partial charge is 0.379 e. The molecule has 1 rings (SSSR count). The third-order valence-electron chi connectivity index (χ3n) is 3.77. The lowest BCUT2D eigenvalue weighted by atomic mass is 10.0. The fourth-order valence-electron chi connectivity index (χ4n) is 2.20. The molecular weight excluding hydrogens is 244 g/mol. The second-order valence-electron chi connectivity index (χ2n) is 6.44. The van der Waals surface area contributed by atoms with Crippen molar-refractivity contribution < 1.29 is 14.3 Å². The standard InChI is InChI=1S/C14H26N2O3/c1-10-9-11(17)15-14(4,5)12(18)16(10)8-7-13(2,3)19-6/h10H,7-9H2,1-6H3,(H,15,17). The molecule has 110 valence electrons. The molecule has 1 unspecified atom stereocenters. The maximum absolute atomic E-state index is 12.5. The minimum Gasteiger partial charge on any atom is -0.379 e. The number of rotatable bonds is 4. The van der Waals surface area contributed by atoms with Crippen molar-refractivity contribution in [3.8, 4) is 0 Å². The highest BCUT2D eigenvalue weighted by molar-refractivity contribution is 5.93. The minimum atomic E-state index is -0.834. The number of ether oxygens (including phenoxy) is 1. The van der Waals surface area contributed by atoms with Crippen molar-refractivity contribution in [2.24, 2.45) is 0 Å². The molecule has 0 bridgehead atoms. The summed E-state index contributed by atoms with van der Waals surface area (Å²) in [7, 11) is 1.67. The Balaban J connectivity index is 2.84. The van der Waals surface area contributed by atoms with Crippen molar-refractivity contribution in [3.05, 3.63) is 0 Å². The molecular formula is C14H26N2O3. The molecule has 1 aliphatic heterocycles. The van der Waals surface area contributed by atoms with Gasteiger partial charge in [0, 0.05) is 26.1 Å². The van der Waals surface area contributed by atoms with E-state index in [1.165, 1.54) is 0 Å². The summed E-state index contributed by atoms with van der Waals surface area (Å²) >= 11 is 0. The second kappa shape index (κ2) is 5.49. The zero-order valence-electron chi connectivity index (χ0n) is 12.9. The molecule has 0 aromatic heterocycles. The number of carbonyl (C=O) groups excluding carboxylic acids is 2. The van der Waals surface area contributed by atoms with Gasteiger partial charge in [0.05, 0.1) is 5.60 Å². The molecule has 0 aromatic rings. The van der Waals surface area contributed by atoms with E-state index in [2.05, 4.69) is 5.32 Å². The predicted octanol–water partition coefficient (Wildman–Crippen LogP) is 1.32. The normalized spacial score (nSPS) is 24.1. The third kappa shape index (κ3) is 3.93. The first-order chi connectivity index (χ1) is 8.59. The van der Waals surface area contributed by atoms with Crippen LogP contribution in [0.15, 0.2) is 0 Å². The molecule has 0 saturated carbocycles. The zero-order valence-corrected chi connectivity index (χ0v) is 12.9. The van der Waals surface area contributed by atoms with Crippen molar-refractivity contribution in [3.63, 3.8) is 0 Å². The quantitative estimate of drug-likeness (QED) is 0.838. The highest BCUT2D eigenvalue weighted by atomic mass is 16.5. The fraction of sp³-hybridized carbons (Fsp3) is 0.857. The number of hydrogen-bond acceptors (Lipinski definition) is 3. The molecule has 1 heterocycles. The van der Waals surface area contributed by atoms with Crippen molar-refractivity contribution in [2.45, 2.75) is 64.6 Å². The van der Waals surface area contributed by atoms with Crippen LogP contribution in [0.4, 0.5) is 0 Å². The lowest BCUT2D eigenvalue weighted by Gasteiger charge is -2.34. The van der Waals surface area contributed by atoms with Crippen LogP contribution in [0, 0.1) is 0 Å². The first-order valence-corrected chi connectivity index (χ1v) is 6.76. The van der Waals surface area contributed by atoms with E-state index >= 15 is 0 Å². The fourth-order valence-corrected chi connectivity index (χ4v) is 2.20. The molecule has 1 fully saturated rings. The van der Waals surface area contributed by atoms with Crippen LogP contribution in [-0.2, 0) is 14.3 Å². The monoisotopic (exact) mass is 270 g/mol. The SMILES string of the molecule is COC(C)(C)CCN1C(=O)C(C)(C)NC(=O)CC1C. The van der Waals surface area contributed by atoms with Gasteiger partial charge >= 0.3 is 0 Å². The first-order valence-electron chi connectivity index (χ1n) is 6.76. The number of amides is 2. The van der Waals surface area contributed by atoms with Gasteiger partial charge in [0.25, 0.3) is 0 Å². The molecule has 2 amide bonds. The Morgan fingerprint density at radius 1 is 1.42 bits per heavy atom. The molecule has 1 atom stereocenters. The van der Waals surface area contributed by atoms with Crippen LogP contribution < -0.4 is 5.32 Å². The lowest BCUT2D eigenvalue weighted by Crippen LogP contribution is -2.54. The van der Waals surface area contributed by atoms with E-state index in [0.29, 0.717) is 13.0 Å². The zero-order chi connectivity index (χ0) is 14.8. The molecule has 1 N–H and O–H groups in total. The maximum Gasteiger partial charge on any atom is 0.247 e. The number of nitrogens with zero attached hydrogens (tertiary/aromatic N) is 1. The molecule has 1 aliphatic rings. The highest BCUT2D eigenvalue weighted by Crippen LogP contribution is 2.21. The van der Waals surface area contributed by atoms with E-state index in [0.717, 1.165) is 6.42 Å². The van der Waals surface area contributed by atoms with Gasteiger partial charge in [-0.1, -0.05) is 0 Å². The first kappa shape index (κ1) is 16.0. The van der Waals surface area contributed by atoms with E-state index < -0.39 is 5.54 Å².